The number of ether oxygens (including phenoxy) is 1. The first-order chi connectivity index (χ1) is 6.70. The van der Waals surface area contributed by atoms with E-state index < -0.39 is 12.0 Å². The van der Waals surface area contributed by atoms with Crippen LogP contribution in [0.25, 0.3) is 0 Å². The molecule has 0 aliphatic carbocycles. The Balaban J connectivity index is 2.70. The molecule has 5 nitrogen and oxygen atoms in total. The first-order valence-corrected chi connectivity index (χ1v) is 4.72. The second kappa shape index (κ2) is 4.95. The summed E-state index contributed by atoms with van der Waals surface area (Å²) in [6.45, 7) is 3.20. The fourth-order valence-corrected chi connectivity index (χ4v) is 1.75. The zero-order valence-electron chi connectivity index (χ0n) is 8.18. The molecule has 1 N–H and O–H groups in total. The molecule has 1 fully saturated rings. The van der Waals surface area contributed by atoms with Gasteiger partial charge in [0, 0.05) is 19.1 Å². The Morgan fingerprint density at radius 2 is 2.50 bits per heavy atom. The predicted octanol–water partition coefficient (Wildman–Crippen LogP) is -0.0456. The van der Waals surface area contributed by atoms with Gasteiger partial charge in [0.25, 0.3) is 0 Å². The molecule has 0 aromatic rings. The van der Waals surface area contributed by atoms with E-state index in [4.69, 9.17) is 9.84 Å². The summed E-state index contributed by atoms with van der Waals surface area (Å²) in [5, 5.41) is 9.01. The second-order valence-electron chi connectivity index (χ2n) is 3.34. The summed E-state index contributed by atoms with van der Waals surface area (Å²) < 4.78 is 5.12. The lowest BCUT2D eigenvalue weighted by molar-refractivity contribution is -0.148. The number of hydrogen-bond acceptors (Lipinski definition) is 3. The number of rotatable bonds is 5. The van der Waals surface area contributed by atoms with Crippen LogP contribution in [0.15, 0.2) is 0 Å². The highest BCUT2D eigenvalue weighted by Crippen LogP contribution is 2.20. The third kappa shape index (κ3) is 2.23. The zero-order chi connectivity index (χ0) is 10.6. The van der Waals surface area contributed by atoms with Crippen molar-refractivity contribution in [2.75, 3.05) is 19.8 Å². The van der Waals surface area contributed by atoms with E-state index in [2.05, 4.69) is 0 Å². The third-order valence-electron chi connectivity index (χ3n) is 2.52. The molecule has 1 aliphatic heterocycles. The molecule has 0 saturated carbocycles. The summed E-state index contributed by atoms with van der Waals surface area (Å²) in [4.78, 5) is 23.0. The van der Waals surface area contributed by atoms with Crippen LogP contribution in [-0.2, 0) is 14.3 Å². The molecule has 1 saturated heterocycles. The van der Waals surface area contributed by atoms with Crippen LogP contribution in [0.5, 0.6) is 0 Å². The molecule has 0 aromatic carbocycles. The van der Waals surface area contributed by atoms with Crippen LogP contribution in [0, 0.1) is 5.92 Å². The maximum Gasteiger partial charge on any atom is 0.326 e. The molecule has 2 atom stereocenters. The average Bonchev–Trinajstić information content (AvgIpc) is 2.65. The van der Waals surface area contributed by atoms with Crippen molar-refractivity contribution in [2.24, 2.45) is 5.92 Å². The van der Waals surface area contributed by atoms with E-state index in [-0.39, 0.29) is 5.92 Å². The Labute approximate surface area is 82.6 Å². The molecule has 2 unspecified atom stereocenters. The van der Waals surface area contributed by atoms with E-state index >= 15 is 0 Å². The molecule has 1 amide bonds. The summed E-state index contributed by atoms with van der Waals surface area (Å²) in [6.07, 6.45) is 1.30. The number of likely N-dealkylation sites (N-methyl/N-ethyl adjacent to an activating group) is 1. The fourth-order valence-electron chi connectivity index (χ4n) is 1.75. The van der Waals surface area contributed by atoms with Gasteiger partial charge in [-0.2, -0.15) is 0 Å². The van der Waals surface area contributed by atoms with Crippen LogP contribution in [0.3, 0.4) is 0 Å². The molecule has 1 heterocycles. The highest BCUT2D eigenvalue weighted by atomic mass is 16.5. The van der Waals surface area contributed by atoms with Gasteiger partial charge in [0.05, 0.1) is 6.61 Å². The molecule has 0 radical (unpaired) electrons. The Morgan fingerprint density at radius 3 is 2.86 bits per heavy atom. The number of nitrogens with zero attached hydrogens (tertiary/aromatic N) is 1. The summed E-state index contributed by atoms with van der Waals surface area (Å²) >= 11 is 0. The van der Waals surface area contributed by atoms with Crippen molar-refractivity contribution in [3.63, 3.8) is 0 Å². The van der Waals surface area contributed by atoms with E-state index in [0.717, 1.165) is 0 Å². The minimum atomic E-state index is -0.950. The molecule has 1 aliphatic rings. The minimum absolute atomic E-state index is 0.0716. The second-order valence-corrected chi connectivity index (χ2v) is 3.34. The summed E-state index contributed by atoms with van der Waals surface area (Å²) in [7, 11) is 0. The third-order valence-corrected chi connectivity index (χ3v) is 2.52. The Bertz CT molecular complexity index is 213. The van der Waals surface area contributed by atoms with Crippen molar-refractivity contribution in [3.8, 4) is 0 Å². The molecular weight excluding hydrogens is 186 g/mol. The van der Waals surface area contributed by atoms with Crippen molar-refractivity contribution in [3.05, 3.63) is 0 Å². The van der Waals surface area contributed by atoms with Gasteiger partial charge in [-0.1, -0.05) is 0 Å². The predicted molar refractivity (Wildman–Crippen MR) is 48.8 cm³/mol. The fraction of sp³-hybridized carbons (Fsp3) is 0.778. The van der Waals surface area contributed by atoms with Gasteiger partial charge in [0.2, 0.25) is 6.41 Å². The number of carbonyl (C=O) groups is 2. The first-order valence-electron chi connectivity index (χ1n) is 4.72. The highest BCUT2D eigenvalue weighted by molar-refractivity contribution is 5.76. The minimum Gasteiger partial charge on any atom is -0.480 e. The van der Waals surface area contributed by atoms with Gasteiger partial charge < -0.3 is 14.7 Å². The van der Waals surface area contributed by atoms with Crippen molar-refractivity contribution in [2.45, 2.75) is 19.4 Å². The van der Waals surface area contributed by atoms with Gasteiger partial charge in [0.15, 0.2) is 0 Å². The number of carboxylic acids is 1. The lowest BCUT2D eigenvalue weighted by Gasteiger charge is -2.27. The summed E-state index contributed by atoms with van der Waals surface area (Å²) in [5.41, 5.74) is 0. The van der Waals surface area contributed by atoms with Gasteiger partial charge in [-0.25, -0.2) is 4.79 Å². The largest absolute Gasteiger partial charge is 0.480 e. The van der Waals surface area contributed by atoms with E-state index in [9.17, 15) is 9.59 Å². The topological polar surface area (TPSA) is 66.8 Å². The van der Waals surface area contributed by atoms with Crippen molar-refractivity contribution < 1.29 is 19.4 Å². The SMILES string of the molecule is CCN(C=O)C(C(=O)O)C1CCOC1. The molecule has 80 valence electrons. The van der Waals surface area contributed by atoms with Gasteiger partial charge in [-0.15, -0.1) is 0 Å². The van der Waals surface area contributed by atoms with E-state index in [1.165, 1.54) is 4.90 Å². The number of aliphatic carboxylic acids is 1. The van der Waals surface area contributed by atoms with Gasteiger partial charge in [-0.05, 0) is 13.3 Å². The maximum absolute atomic E-state index is 11.0. The molecule has 5 heteroatoms. The van der Waals surface area contributed by atoms with Crippen LogP contribution >= 0.6 is 0 Å². The van der Waals surface area contributed by atoms with Crippen molar-refractivity contribution >= 4 is 12.4 Å². The lowest BCUT2D eigenvalue weighted by Crippen LogP contribution is -2.45. The lowest BCUT2D eigenvalue weighted by atomic mass is 9.98. The molecule has 1 rings (SSSR count). The molecule has 0 bridgehead atoms. The van der Waals surface area contributed by atoms with E-state index in [0.29, 0.717) is 32.6 Å². The first kappa shape index (κ1) is 11.0. The summed E-state index contributed by atoms with van der Waals surface area (Å²) in [6, 6.07) is -0.736. The standard InChI is InChI=1S/C9H15NO4/c1-2-10(6-11)8(9(12)13)7-3-4-14-5-7/h6-8H,2-5H2,1H3,(H,12,13). The number of hydrogen-bond donors (Lipinski definition) is 1. The van der Waals surface area contributed by atoms with Gasteiger partial charge in [-0.3, -0.25) is 4.79 Å². The highest BCUT2D eigenvalue weighted by Gasteiger charge is 2.34. The summed E-state index contributed by atoms with van der Waals surface area (Å²) in [5.74, 6) is -1.02. The normalized spacial score (nSPS) is 23.1. The Morgan fingerprint density at radius 1 is 1.79 bits per heavy atom. The quantitative estimate of drug-likeness (QED) is 0.633. The van der Waals surface area contributed by atoms with E-state index in [1.54, 1.807) is 6.92 Å². The number of carbonyl (C=O) groups excluding carboxylic acids is 1. The van der Waals surface area contributed by atoms with Crippen LogP contribution in [0.4, 0.5) is 0 Å². The Kier molecular flexibility index (Phi) is 3.88. The smallest absolute Gasteiger partial charge is 0.326 e. The molecule has 0 spiro atoms. The zero-order valence-corrected chi connectivity index (χ0v) is 8.18. The van der Waals surface area contributed by atoms with Crippen molar-refractivity contribution in [1.82, 2.24) is 4.90 Å². The molecule has 0 aromatic heterocycles. The van der Waals surface area contributed by atoms with Crippen LogP contribution in [0.1, 0.15) is 13.3 Å². The Hall–Kier alpha value is -1.10. The van der Waals surface area contributed by atoms with E-state index in [1.807, 2.05) is 0 Å². The average molecular weight is 201 g/mol. The molecule has 14 heavy (non-hydrogen) atoms. The van der Waals surface area contributed by atoms with Gasteiger partial charge in [0.1, 0.15) is 6.04 Å². The molecular formula is C9H15NO4. The van der Waals surface area contributed by atoms with Gasteiger partial charge >= 0.3 is 5.97 Å². The van der Waals surface area contributed by atoms with Crippen molar-refractivity contribution in [1.29, 1.82) is 0 Å². The number of amides is 1. The van der Waals surface area contributed by atoms with Crippen LogP contribution in [-0.4, -0.2) is 48.2 Å². The van der Waals surface area contributed by atoms with Crippen LogP contribution < -0.4 is 0 Å². The monoisotopic (exact) mass is 201 g/mol. The van der Waals surface area contributed by atoms with Crippen LogP contribution in [0.2, 0.25) is 0 Å². The number of carboxylic acid groups (broad SMARTS) is 1. The maximum atomic E-state index is 11.0.